The first-order chi connectivity index (χ1) is 10.1. The fourth-order valence-corrected chi connectivity index (χ4v) is 2.80. The third-order valence-electron chi connectivity index (χ3n) is 3.81. The molecule has 0 bridgehead atoms. The van der Waals surface area contributed by atoms with Gasteiger partial charge < -0.3 is 14.8 Å². The minimum Gasteiger partial charge on any atom is -0.497 e. The minimum atomic E-state index is -0.0756. The second kappa shape index (κ2) is 5.12. The molecular weight excluding hydrogens is 270 g/mol. The number of nitrogens with one attached hydrogen (secondary N) is 2. The fourth-order valence-electron chi connectivity index (χ4n) is 2.80. The summed E-state index contributed by atoms with van der Waals surface area (Å²) in [5, 5.41) is 9.87. The molecule has 1 aliphatic heterocycles. The van der Waals surface area contributed by atoms with Crippen molar-refractivity contribution in [1.29, 1.82) is 0 Å². The number of nitrogens with zero attached hydrogens (tertiary/aromatic N) is 1. The Balaban J connectivity index is 2.12. The molecule has 1 atom stereocenters. The molecule has 2 N–H and O–H groups in total. The van der Waals surface area contributed by atoms with Gasteiger partial charge in [-0.15, -0.1) is 0 Å². The van der Waals surface area contributed by atoms with Crippen molar-refractivity contribution in [2.75, 3.05) is 19.5 Å². The van der Waals surface area contributed by atoms with Crippen molar-refractivity contribution in [3.63, 3.8) is 0 Å². The van der Waals surface area contributed by atoms with Gasteiger partial charge in [-0.2, -0.15) is 5.10 Å². The minimum absolute atomic E-state index is 0.0446. The number of aromatic nitrogens is 2. The molecule has 1 unspecified atom stereocenters. The van der Waals surface area contributed by atoms with Crippen LogP contribution in [0.5, 0.6) is 11.5 Å². The Kier molecular flexibility index (Phi) is 3.29. The van der Waals surface area contributed by atoms with E-state index in [1.54, 1.807) is 14.2 Å². The number of benzene rings is 1. The van der Waals surface area contributed by atoms with Gasteiger partial charge in [-0.05, 0) is 13.0 Å². The summed E-state index contributed by atoms with van der Waals surface area (Å²) in [5.41, 5.74) is 2.92. The number of aryl methyl sites for hydroxylation is 1. The number of aromatic amines is 1. The molecule has 0 saturated heterocycles. The van der Waals surface area contributed by atoms with Crippen molar-refractivity contribution in [2.45, 2.75) is 19.3 Å². The lowest BCUT2D eigenvalue weighted by molar-refractivity contribution is -0.116. The van der Waals surface area contributed by atoms with E-state index in [0.717, 1.165) is 22.6 Å². The number of ether oxygens (including phenoxy) is 2. The van der Waals surface area contributed by atoms with Crippen molar-refractivity contribution in [3.8, 4) is 11.5 Å². The van der Waals surface area contributed by atoms with E-state index >= 15 is 0 Å². The molecule has 0 saturated carbocycles. The van der Waals surface area contributed by atoms with E-state index in [0.29, 0.717) is 18.0 Å². The zero-order chi connectivity index (χ0) is 15.0. The van der Waals surface area contributed by atoms with Crippen LogP contribution in [-0.2, 0) is 4.79 Å². The Morgan fingerprint density at radius 1 is 1.29 bits per heavy atom. The molecule has 110 valence electrons. The van der Waals surface area contributed by atoms with Crippen LogP contribution in [0.15, 0.2) is 18.2 Å². The lowest BCUT2D eigenvalue weighted by Gasteiger charge is -2.24. The third-order valence-corrected chi connectivity index (χ3v) is 3.81. The molecule has 0 aliphatic carbocycles. The van der Waals surface area contributed by atoms with Gasteiger partial charge in [0, 0.05) is 35.2 Å². The summed E-state index contributed by atoms with van der Waals surface area (Å²) in [5.74, 6) is 1.91. The van der Waals surface area contributed by atoms with Gasteiger partial charge in [-0.1, -0.05) is 6.07 Å². The largest absolute Gasteiger partial charge is 0.497 e. The van der Waals surface area contributed by atoms with Crippen molar-refractivity contribution in [2.24, 2.45) is 0 Å². The molecule has 0 radical (unpaired) electrons. The number of fused-ring (bicyclic) bond motifs is 1. The summed E-state index contributed by atoms with van der Waals surface area (Å²) in [6.45, 7) is 1.95. The smallest absolute Gasteiger partial charge is 0.226 e. The first-order valence-corrected chi connectivity index (χ1v) is 6.70. The molecule has 2 heterocycles. The van der Waals surface area contributed by atoms with Gasteiger partial charge in [0.05, 0.1) is 14.2 Å². The van der Waals surface area contributed by atoms with E-state index in [1.807, 2.05) is 25.1 Å². The second-order valence-corrected chi connectivity index (χ2v) is 5.02. The summed E-state index contributed by atoms with van der Waals surface area (Å²) < 4.78 is 10.7. The number of anilines is 1. The molecule has 6 heteroatoms. The molecule has 6 nitrogen and oxygen atoms in total. The highest BCUT2D eigenvalue weighted by molar-refractivity contribution is 5.94. The average molecular weight is 287 g/mol. The standard InChI is InChI=1S/C15H17N3O3/c1-8-14-11(7-13(19)16-15(14)18-17-8)10-5-4-9(20-2)6-12(10)21-3/h4-6,11H,7H2,1-3H3,(H2,16,17,18,19). The van der Waals surface area contributed by atoms with E-state index in [-0.39, 0.29) is 11.8 Å². The zero-order valence-electron chi connectivity index (χ0n) is 12.2. The van der Waals surface area contributed by atoms with Crippen LogP contribution in [0.2, 0.25) is 0 Å². The Morgan fingerprint density at radius 2 is 2.10 bits per heavy atom. The zero-order valence-corrected chi connectivity index (χ0v) is 12.2. The number of hydrogen-bond acceptors (Lipinski definition) is 4. The lowest BCUT2D eigenvalue weighted by atomic mass is 9.85. The maximum absolute atomic E-state index is 11.9. The van der Waals surface area contributed by atoms with E-state index in [2.05, 4.69) is 15.5 Å². The predicted octanol–water partition coefficient (Wildman–Crippen LogP) is 2.21. The summed E-state index contributed by atoms with van der Waals surface area (Å²) >= 11 is 0. The monoisotopic (exact) mass is 287 g/mol. The molecule has 1 aromatic carbocycles. The van der Waals surface area contributed by atoms with Crippen molar-refractivity contribution in [1.82, 2.24) is 10.2 Å². The topological polar surface area (TPSA) is 76.2 Å². The van der Waals surface area contributed by atoms with Gasteiger partial charge in [0.25, 0.3) is 0 Å². The first-order valence-electron chi connectivity index (χ1n) is 6.70. The summed E-state index contributed by atoms with van der Waals surface area (Å²) in [6.07, 6.45) is 0.371. The van der Waals surface area contributed by atoms with Gasteiger partial charge in [-0.25, -0.2) is 0 Å². The third kappa shape index (κ3) is 2.22. The Hall–Kier alpha value is -2.50. The lowest BCUT2D eigenvalue weighted by Crippen LogP contribution is -2.23. The van der Waals surface area contributed by atoms with Gasteiger partial charge in [-0.3, -0.25) is 9.89 Å². The summed E-state index contributed by atoms with van der Waals surface area (Å²) in [7, 11) is 3.23. The van der Waals surface area contributed by atoms with Crippen LogP contribution in [0.3, 0.4) is 0 Å². The van der Waals surface area contributed by atoms with Gasteiger partial charge in [0.15, 0.2) is 5.82 Å². The SMILES string of the molecule is COc1ccc(C2CC(=O)Nc3n[nH]c(C)c32)c(OC)c1. The normalized spacial score (nSPS) is 17.1. The van der Waals surface area contributed by atoms with Crippen LogP contribution in [0.4, 0.5) is 5.82 Å². The highest BCUT2D eigenvalue weighted by Crippen LogP contribution is 2.42. The van der Waals surface area contributed by atoms with Crippen LogP contribution in [0.25, 0.3) is 0 Å². The van der Waals surface area contributed by atoms with E-state index in [1.165, 1.54) is 0 Å². The highest BCUT2D eigenvalue weighted by Gasteiger charge is 2.32. The number of carbonyl (C=O) groups is 1. The van der Waals surface area contributed by atoms with E-state index < -0.39 is 0 Å². The molecule has 1 aromatic heterocycles. The van der Waals surface area contributed by atoms with Crippen LogP contribution in [-0.4, -0.2) is 30.3 Å². The van der Waals surface area contributed by atoms with Crippen LogP contribution in [0.1, 0.15) is 29.2 Å². The van der Waals surface area contributed by atoms with Crippen LogP contribution in [0, 0.1) is 6.92 Å². The molecule has 1 amide bonds. The number of H-pyrrole nitrogens is 1. The molecule has 21 heavy (non-hydrogen) atoms. The molecular formula is C15H17N3O3. The number of carbonyl (C=O) groups excluding carboxylic acids is 1. The van der Waals surface area contributed by atoms with E-state index in [4.69, 9.17) is 9.47 Å². The number of amides is 1. The van der Waals surface area contributed by atoms with Gasteiger partial charge >= 0.3 is 0 Å². The summed E-state index contributed by atoms with van der Waals surface area (Å²) in [4.78, 5) is 11.9. The van der Waals surface area contributed by atoms with Gasteiger partial charge in [0.1, 0.15) is 11.5 Å². The van der Waals surface area contributed by atoms with Gasteiger partial charge in [0.2, 0.25) is 5.91 Å². The average Bonchev–Trinajstić information content (AvgIpc) is 2.87. The Bertz CT molecular complexity index is 693. The number of hydrogen-bond donors (Lipinski definition) is 2. The number of methoxy groups -OCH3 is 2. The molecule has 3 rings (SSSR count). The Labute approximate surface area is 122 Å². The molecule has 1 aliphatic rings. The van der Waals surface area contributed by atoms with Crippen molar-refractivity contribution >= 4 is 11.7 Å². The molecule has 0 spiro atoms. The predicted molar refractivity (Wildman–Crippen MR) is 78.0 cm³/mol. The number of rotatable bonds is 3. The van der Waals surface area contributed by atoms with Crippen molar-refractivity contribution in [3.05, 3.63) is 35.0 Å². The summed E-state index contributed by atoms with van der Waals surface area (Å²) in [6, 6.07) is 5.65. The highest BCUT2D eigenvalue weighted by atomic mass is 16.5. The second-order valence-electron chi connectivity index (χ2n) is 5.02. The maximum Gasteiger partial charge on any atom is 0.226 e. The van der Waals surface area contributed by atoms with Crippen LogP contribution < -0.4 is 14.8 Å². The Morgan fingerprint density at radius 3 is 2.81 bits per heavy atom. The molecule has 0 fully saturated rings. The molecule has 2 aromatic rings. The fraction of sp³-hybridized carbons (Fsp3) is 0.333. The van der Waals surface area contributed by atoms with Crippen LogP contribution >= 0.6 is 0 Å². The maximum atomic E-state index is 11.9. The first kappa shape index (κ1) is 13.5. The van der Waals surface area contributed by atoms with Crippen molar-refractivity contribution < 1.29 is 14.3 Å². The van der Waals surface area contributed by atoms with E-state index in [9.17, 15) is 4.79 Å². The quantitative estimate of drug-likeness (QED) is 0.907.